The monoisotopic (exact) mass is 362 g/mol. The van der Waals surface area contributed by atoms with Crippen LogP contribution in [-0.2, 0) is 16.6 Å². The van der Waals surface area contributed by atoms with Crippen LogP contribution in [0.25, 0.3) is 0 Å². The molecule has 0 radical (unpaired) electrons. The zero-order valence-corrected chi connectivity index (χ0v) is 14.6. The molecule has 0 bridgehead atoms. The van der Waals surface area contributed by atoms with Gasteiger partial charge < -0.3 is 5.73 Å². The number of nitrogens with one attached hydrogen (secondary N) is 1. The first-order chi connectivity index (χ1) is 9.35. The fraction of sp³-hybridized carbons (Fsp3) is 0.571. The first-order valence-corrected chi connectivity index (χ1v) is 9.14. The van der Waals surface area contributed by atoms with E-state index in [2.05, 4.69) is 34.5 Å². The normalized spacial score (nSPS) is 13.7. The van der Waals surface area contributed by atoms with Crippen LogP contribution in [0.1, 0.15) is 39.2 Å². The molecule has 0 aliphatic carbocycles. The molecule has 0 heterocycles. The summed E-state index contributed by atoms with van der Waals surface area (Å²) in [5.41, 5.74) is 6.37. The van der Waals surface area contributed by atoms with Gasteiger partial charge in [-0.05, 0) is 46.5 Å². The number of hydrogen-bond acceptors (Lipinski definition) is 3. The second-order valence-electron chi connectivity index (χ2n) is 4.96. The molecule has 0 fully saturated rings. The van der Waals surface area contributed by atoms with Crippen molar-refractivity contribution in [3.63, 3.8) is 0 Å². The van der Waals surface area contributed by atoms with Gasteiger partial charge in [0.25, 0.3) is 0 Å². The van der Waals surface area contributed by atoms with E-state index in [1.54, 1.807) is 12.1 Å². The Morgan fingerprint density at radius 2 is 1.90 bits per heavy atom. The molecule has 0 spiro atoms. The minimum atomic E-state index is -3.54. The largest absolute Gasteiger partial charge is 0.326 e. The molecule has 0 saturated heterocycles. The predicted octanol–water partition coefficient (Wildman–Crippen LogP) is 3.01. The van der Waals surface area contributed by atoms with E-state index in [0.717, 1.165) is 18.4 Å². The van der Waals surface area contributed by atoms with Crippen LogP contribution in [0.5, 0.6) is 0 Å². The number of rotatable bonds is 7. The second kappa shape index (κ2) is 7.54. The predicted molar refractivity (Wildman–Crippen MR) is 85.9 cm³/mol. The highest BCUT2D eigenvalue weighted by Gasteiger charge is 2.23. The van der Waals surface area contributed by atoms with Gasteiger partial charge >= 0.3 is 0 Å². The van der Waals surface area contributed by atoms with E-state index in [0.29, 0.717) is 16.9 Å². The van der Waals surface area contributed by atoms with Gasteiger partial charge in [-0.2, -0.15) is 0 Å². The summed E-state index contributed by atoms with van der Waals surface area (Å²) >= 11 is 3.30. The number of halogens is 1. The summed E-state index contributed by atoms with van der Waals surface area (Å²) in [6.07, 6.45) is 1.90. The van der Waals surface area contributed by atoms with E-state index >= 15 is 0 Å². The quantitative estimate of drug-likeness (QED) is 0.782. The zero-order valence-electron chi connectivity index (χ0n) is 12.2. The topological polar surface area (TPSA) is 72.2 Å². The molecule has 0 amide bonds. The zero-order chi connectivity index (χ0) is 15.3. The highest BCUT2D eigenvalue weighted by molar-refractivity contribution is 9.10. The van der Waals surface area contributed by atoms with Crippen LogP contribution < -0.4 is 10.5 Å². The highest BCUT2D eigenvalue weighted by atomic mass is 79.9. The Balaban J connectivity index is 3.05. The van der Waals surface area contributed by atoms with Crippen molar-refractivity contribution in [1.82, 2.24) is 4.72 Å². The van der Waals surface area contributed by atoms with Gasteiger partial charge in [-0.15, -0.1) is 0 Å². The van der Waals surface area contributed by atoms with E-state index in [9.17, 15) is 8.42 Å². The fourth-order valence-electron chi connectivity index (χ4n) is 2.28. The van der Waals surface area contributed by atoms with Crippen LogP contribution in [0, 0.1) is 5.92 Å². The Morgan fingerprint density at radius 1 is 1.30 bits per heavy atom. The van der Waals surface area contributed by atoms with Crippen molar-refractivity contribution in [3.05, 3.63) is 28.2 Å². The molecule has 0 saturated carbocycles. The Labute approximate surface area is 130 Å². The average molecular weight is 363 g/mol. The van der Waals surface area contributed by atoms with E-state index in [4.69, 9.17) is 5.73 Å². The summed E-state index contributed by atoms with van der Waals surface area (Å²) in [5, 5.41) is 0. The molecular formula is C14H23BrN2O2S. The summed E-state index contributed by atoms with van der Waals surface area (Å²) in [5.74, 6) is 0.334. The van der Waals surface area contributed by atoms with E-state index < -0.39 is 10.0 Å². The molecule has 3 N–H and O–H groups in total. The van der Waals surface area contributed by atoms with Gasteiger partial charge in [-0.1, -0.05) is 32.8 Å². The fourth-order valence-corrected chi connectivity index (χ4v) is 4.61. The smallest absolute Gasteiger partial charge is 0.241 e. The highest BCUT2D eigenvalue weighted by Crippen LogP contribution is 2.24. The lowest BCUT2D eigenvalue weighted by atomic mass is 9.96. The molecule has 1 aromatic carbocycles. The van der Waals surface area contributed by atoms with Gasteiger partial charge in [0.05, 0.1) is 4.90 Å². The maximum Gasteiger partial charge on any atom is 0.241 e. The van der Waals surface area contributed by atoms with Crippen molar-refractivity contribution in [2.45, 2.75) is 51.1 Å². The lowest BCUT2D eigenvalue weighted by Crippen LogP contribution is -2.37. The molecule has 1 unspecified atom stereocenters. The van der Waals surface area contributed by atoms with Crippen LogP contribution in [-0.4, -0.2) is 14.5 Å². The molecule has 0 aromatic heterocycles. The van der Waals surface area contributed by atoms with E-state index in [1.807, 2.05) is 13.0 Å². The molecule has 1 aromatic rings. The molecule has 1 rings (SSSR count). The van der Waals surface area contributed by atoms with Crippen molar-refractivity contribution in [2.24, 2.45) is 11.7 Å². The van der Waals surface area contributed by atoms with Crippen molar-refractivity contribution in [1.29, 1.82) is 0 Å². The van der Waals surface area contributed by atoms with Gasteiger partial charge in [0.1, 0.15) is 0 Å². The van der Waals surface area contributed by atoms with Crippen molar-refractivity contribution in [2.75, 3.05) is 0 Å². The molecule has 114 valence electrons. The van der Waals surface area contributed by atoms with Crippen LogP contribution in [0.2, 0.25) is 0 Å². The Kier molecular flexibility index (Phi) is 6.64. The molecule has 6 heteroatoms. The van der Waals surface area contributed by atoms with Crippen LogP contribution in [0.3, 0.4) is 0 Å². The summed E-state index contributed by atoms with van der Waals surface area (Å²) in [4.78, 5) is 0.248. The van der Waals surface area contributed by atoms with Gasteiger partial charge in [-0.3, -0.25) is 0 Å². The Morgan fingerprint density at radius 3 is 2.40 bits per heavy atom. The standard InChI is InChI=1S/C14H23BrN2O2S/c1-4-12(5-2)10(3)17-20(18,19)14-8-11(9-16)6-7-13(14)15/h6-8,10,12,17H,4-5,9,16H2,1-3H3. The summed E-state index contributed by atoms with van der Waals surface area (Å²) in [6, 6.07) is 5.06. The number of benzene rings is 1. The van der Waals surface area contributed by atoms with E-state index in [-0.39, 0.29) is 10.9 Å². The minimum absolute atomic E-state index is 0.0940. The molecule has 0 aliphatic rings. The Bertz CT molecular complexity index is 542. The second-order valence-corrected chi connectivity index (χ2v) is 7.49. The third-order valence-corrected chi connectivity index (χ3v) is 6.17. The average Bonchev–Trinajstić information content (AvgIpc) is 2.39. The van der Waals surface area contributed by atoms with Gasteiger partial charge in [0.2, 0.25) is 10.0 Å². The number of sulfonamides is 1. The van der Waals surface area contributed by atoms with Gasteiger partial charge in [0.15, 0.2) is 0 Å². The third-order valence-electron chi connectivity index (χ3n) is 3.62. The van der Waals surface area contributed by atoms with Crippen molar-refractivity contribution in [3.8, 4) is 0 Å². The van der Waals surface area contributed by atoms with Crippen molar-refractivity contribution >= 4 is 26.0 Å². The molecule has 4 nitrogen and oxygen atoms in total. The molecule has 20 heavy (non-hydrogen) atoms. The first-order valence-electron chi connectivity index (χ1n) is 6.86. The lowest BCUT2D eigenvalue weighted by molar-refractivity contribution is 0.390. The minimum Gasteiger partial charge on any atom is -0.326 e. The lowest BCUT2D eigenvalue weighted by Gasteiger charge is -2.22. The SMILES string of the molecule is CCC(CC)C(C)NS(=O)(=O)c1cc(CN)ccc1Br. The summed E-state index contributed by atoms with van der Waals surface area (Å²) in [7, 11) is -3.54. The van der Waals surface area contributed by atoms with Crippen LogP contribution >= 0.6 is 15.9 Å². The van der Waals surface area contributed by atoms with Crippen molar-refractivity contribution < 1.29 is 8.42 Å². The van der Waals surface area contributed by atoms with Gasteiger partial charge in [0, 0.05) is 17.1 Å². The maximum atomic E-state index is 12.5. The molecule has 0 aliphatic heterocycles. The van der Waals surface area contributed by atoms with E-state index in [1.165, 1.54) is 0 Å². The molecular weight excluding hydrogens is 340 g/mol. The van der Waals surface area contributed by atoms with Crippen LogP contribution in [0.4, 0.5) is 0 Å². The molecule has 1 atom stereocenters. The third kappa shape index (κ3) is 4.28. The number of nitrogens with two attached hydrogens (primary N) is 1. The number of hydrogen-bond donors (Lipinski definition) is 2. The maximum absolute atomic E-state index is 12.5. The summed E-state index contributed by atoms with van der Waals surface area (Å²) in [6.45, 7) is 6.38. The van der Waals surface area contributed by atoms with Crippen LogP contribution in [0.15, 0.2) is 27.6 Å². The summed E-state index contributed by atoms with van der Waals surface area (Å²) < 4.78 is 28.3. The Hall–Kier alpha value is -0.430. The van der Waals surface area contributed by atoms with Gasteiger partial charge in [-0.25, -0.2) is 13.1 Å². The first kappa shape index (κ1) is 17.6.